The smallest absolute Gasteiger partial charge is 0.232 e. The van der Waals surface area contributed by atoms with Crippen LogP contribution < -0.4 is 4.31 Å². The monoisotopic (exact) mass is 328 g/mol. The zero-order chi connectivity index (χ0) is 17.0. The van der Waals surface area contributed by atoms with Crippen LogP contribution in [-0.4, -0.2) is 14.7 Å². The molecule has 120 valence electrons. The highest BCUT2D eigenvalue weighted by molar-refractivity contribution is 7.92. The van der Waals surface area contributed by atoms with Gasteiger partial charge in [0.05, 0.1) is 30.1 Å². The number of anilines is 1. The summed E-state index contributed by atoms with van der Waals surface area (Å²) in [5, 5.41) is 8.85. The van der Waals surface area contributed by atoms with Gasteiger partial charge in [-0.15, -0.1) is 0 Å². The molecule has 23 heavy (non-hydrogen) atoms. The van der Waals surface area contributed by atoms with Crippen LogP contribution in [0.1, 0.15) is 36.5 Å². The van der Waals surface area contributed by atoms with Gasteiger partial charge in [-0.05, 0) is 41.3 Å². The van der Waals surface area contributed by atoms with Crippen LogP contribution in [0.2, 0.25) is 0 Å². The Kier molecular flexibility index (Phi) is 5.07. The van der Waals surface area contributed by atoms with E-state index in [1.54, 1.807) is 24.3 Å². The summed E-state index contributed by atoms with van der Waals surface area (Å²) in [7, 11) is -3.41. The minimum Gasteiger partial charge on any atom is -0.266 e. The van der Waals surface area contributed by atoms with Crippen LogP contribution in [0.25, 0.3) is 0 Å². The van der Waals surface area contributed by atoms with E-state index in [0.717, 1.165) is 5.56 Å². The molecule has 0 fully saturated rings. The Morgan fingerprint density at radius 2 is 1.61 bits per heavy atom. The first kappa shape index (κ1) is 17.0. The summed E-state index contributed by atoms with van der Waals surface area (Å²) in [6, 6.07) is 16.5. The molecular weight excluding hydrogens is 308 g/mol. The second-order valence-corrected chi connectivity index (χ2v) is 7.73. The van der Waals surface area contributed by atoms with Crippen molar-refractivity contribution in [1.82, 2.24) is 0 Å². The second kappa shape index (κ2) is 6.84. The summed E-state index contributed by atoms with van der Waals surface area (Å²) >= 11 is 0. The Bertz CT molecular complexity index is 802. The fourth-order valence-corrected chi connectivity index (χ4v) is 3.16. The van der Waals surface area contributed by atoms with E-state index >= 15 is 0 Å². The molecule has 0 bridgehead atoms. The predicted molar refractivity (Wildman–Crippen MR) is 92.7 cm³/mol. The largest absolute Gasteiger partial charge is 0.266 e. The summed E-state index contributed by atoms with van der Waals surface area (Å²) in [6.07, 6.45) is 1.19. The first-order valence-corrected chi connectivity index (χ1v) is 9.23. The molecule has 0 amide bonds. The third-order valence-electron chi connectivity index (χ3n) is 3.66. The van der Waals surface area contributed by atoms with Gasteiger partial charge in [-0.2, -0.15) is 5.26 Å². The average molecular weight is 328 g/mol. The van der Waals surface area contributed by atoms with Crippen LogP contribution in [0.5, 0.6) is 0 Å². The number of nitrogens with zero attached hydrogens (tertiary/aromatic N) is 2. The van der Waals surface area contributed by atoms with E-state index in [2.05, 4.69) is 13.8 Å². The zero-order valence-electron chi connectivity index (χ0n) is 13.5. The van der Waals surface area contributed by atoms with E-state index in [4.69, 9.17) is 5.26 Å². The number of sulfonamides is 1. The van der Waals surface area contributed by atoms with Crippen molar-refractivity contribution in [3.05, 3.63) is 65.2 Å². The summed E-state index contributed by atoms with van der Waals surface area (Å²) in [4.78, 5) is 0. The molecule has 0 spiro atoms. The van der Waals surface area contributed by atoms with Crippen molar-refractivity contribution in [1.29, 1.82) is 5.26 Å². The molecule has 0 unspecified atom stereocenters. The number of benzene rings is 2. The molecule has 2 aromatic rings. The lowest BCUT2D eigenvalue weighted by Crippen LogP contribution is -2.29. The number of rotatable bonds is 5. The van der Waals surface area contributed by atoms with Gasteiger partial charge in [0.25, 0.3) is 0 Å². The molecule has 0 heterocycles. The highest BCUT2D eigenvalue weighted by Gasteiger charge is 2.18. The van der Waals surface area contributed by atoms with Crippen molar-refractivity contribution < 1.29 is 8.42 Å². The Balaban J connectivity index is 2.31. The van der Waals surface area contributed by atoms with Gasteiger partial charge in [-0.1, -0.05) is 38.1 Å². The van der Waals surface area contributed by atoms with Gasteiger partial charge >= 0.3 is 0 Å². The summed E-state index contributed by atoms with van der Waals surface area (Å²) in [5.74, 6) is 0.439. The van der Waals surface area contributed by atoms with Gasteiger partial charge in [-0.25, -0.2) is 8.42 Å². The molecule has 4 nitrogen and oxygen atoms in total. The highest BCUT2D eigenvalue weighted by atomic mass is 32.2. The molecule has 0 aliphatic rings. The van der Waals surface area contributed by atoms with Crippen molar-refractivity contribution in [2.45, 2.75) is 26.3 Å². The third-order valence-corrected chi connectivity index (χ3v) is 4.80. The lowest BCUT2D eigenvalue weighted by atomic mass is 10.0. The minimum atomic E-state index is -3.41. The number of nitriles is 1. The van der Waals surface area contributed by atoms with Gasteiger partial charge in [-0.3, -0.25) is 4.31 Å². The van der Waals surface area contributed by atoms with E-state index in [-0.39, 0.29) is 6.54 Å². The quantitative estimate of drug-likeness (QED) is 0.841. The molecule has 2 aromatic carbocycles. The third kappa shape index (κ3) is 4.33. The van der Waals surface area contributed by atoms with Gasteiger partial charge in [0.15, 0.2) is 0 Å². The molecule has 0 saturated carbocycles. The Hall–Kier alpha value is -2.32. The van der Waals surface area contributed by atoms with E-state index in [0.29, 0.717) is 17.2 Å². The molecule has 0 aliphatic carbocycles. The second-order valence-electron chi connectivity index (χ2n) is 5.82. The Morgan fingerprint density at radius 1 is 1.04 bits per heavy atom. The summed E-state index contributed by atoms with van der Waals surface area (Å²) in [6.45, 7) is 4.51. The van der Waals surface area contributed by atoms with Gasteiger partial charge in [0.2, 0.25) is 10.0 Å². The lowest BCUT2D eigenvalue weighted by molar-refractivity contribution is 0.596. The van der Waals surface area contributed by atoms with Crippen LogP contribution in [0, 0.1) is 11.3 Å². The van der Waals surface area contributed by atoms with Crippen LogP contribution in [0.4, 0.5) is 5.69 Å². The highest BCUT2D eigenvalue weighted by Crippen LogP contribution is 2.22. The molecule has 0 saturated heterocycles. The maximum absolute atomic E-state index is 12.1. The topological polar surface area (TPSA) is 61.2 Å². The van der Waals surface area contributed by atoms with E-state index < -0.39 is 10.0 Å². The maximum atomic E-state index is 12.1. The van der Waals surface area contributed by atoms with E-state index in [1.807, 2.05) is 30.3 Å². The first-order valence-electron chi connectivity index (χ1n) is 7.38. The number of hydrogen-bond acceptors (Lipinski definition) is 3. The van der Waals surface area contributed by atoms with Crippen LogP contribution in [0.15, 0.2) is 48.5 Å². The Morgan fingerprint density at radius 3 is 2.04 bits per heavy atom. The molecular formula is C18H20N2O2S. The molecule has 0 N–H and O–H groups in total. The fraction of sp³-hybridized carbons (Fsp3) is 0.278. The molecule has 0 aliphatic heterocycles. The lowest BCUT2D eigenvalue weighted by Gasteiger charge is -2.22. The molecule has 0 aromatic heterocycles. The molecule has 5 heteroatoms. The molecule has 0 atom stereocenters. The van der Waals surface area contributed by atoms with Crippen molar-refractivity contribution in [3.63, 3.8) is 0 Å². The standard InChI is InChI=1S/C18H20N2O2S/c1-14(2)17-8-4-16(5-9-17)13-20(23(3,21)22)18-10-6-15(12-19)7-11-18/h4-11,14H,13H2,1-3H3. The number of hydrogen-bond donors (Lipinski definition) is 0. The van der Waals surface area contributed by atoms with Crippen LogP contribution in [-0.2, 0) is 16.6 Å². The predicted octanol–water partition coefficient (Wildman–Crippen LogP) is 3.65. The first-order chi connectivity index (χ1) is 10.8. The zero-order valence-corrected chi connectivity index (χ0v) is 14.3. The average Bonchev–Trinajstić information content (AvgIpc) is 2.52. The van der Waals surface area contributed by atoms with Crippen molar-refractivity contribution >= 4 is 15.7 Å². The minimum absolute atomic E-state index is 0.267. The van der Waals surface area contributed by atoms with Crippen LogP contribution in [0.3, 0.4) is 0 Å². The maximum Gasteiger partial charge on any atom is 0.232 e. The molecule has 0 radical (unpaired) electrons. The van der Waals surface area contributed by atoms with Crippen molar-refractivity contribution in [3.8, 4) is 6.07 Å². The fourth-order valence-electron chi connectivity index (χ4n) is 2.28. The van der Waals surface area contributed by atoms with E-state index in [9.17, 15) is 8.42 Å². The van der Waals surface area contributed by atoms with Gasteiger partial charge in [0, 0.05) is 0 Å². The van der Waals surface area contributed by atoms with Gasteiger partial charge < -0.3 is 0 Å². The molecule has 2 rings (SSSR count). The van der Waals surface area contributed by atoms with Crippen LogP contribution >= 0.6 is 0 Å². The van der Waals surface area contributed by atoms with Crippen molar-refractivity contribution in [2.24, 2.45) is 0 Å². The van der Waals surface area contributed by atoms with Gasteiger partial charge in [0.1, 0.15) is 0 Å². The summed E-state index contributed by atoms with van der Waals surface area (Å²) < 4.78 is 25.6. The summed E-state index contributed by atoms with van der Waals surface area (Å²) in [5.41, 5.74) is 3.20. The van der Waals surface area contributed by atoms with Crippen molar-refractivity contribution in [2.75, 3.05) is 10.6 Å². The van der Waals surface area contributed by atoms with E-state index in [1.165, 1.54) is 16.1 Å². The Labute approximate surface area is 138 Å². The SMILES string of the molecule is CC(C)c1ccc(CN(c2ccc(C#N)cc2)S(C)(=O)=O)cc1. The normalized spacial score (nSPS) is 11.3.